The van der Waals surface area contributed by atoms with E-state index in [4.69, 9.17) is 9.15 Å². The summed E-state index contributed by atoms with van der Waals surface area (Å²) in [5.74, 6) is 0.237. The van der Waals surface area contributed by atoms with Crippen LogP contribution in [-0.2, 0) is 20.9 Å². The Morgan fingerprint density at radius 3 is 2.43 bits per heavy atom. The average molecular weight is 384 g/mol. The van der Waals surface area contributed by atoms with Crippen LogP contribution in [0.2, 0.25) is 0 Å². The van der Waals surface area contributed by atoms with Crippen LogP contribution in [0.4, 0.5) is 0 Å². The lowest BCUT2D eigenvalue weighted by Gasteiger charge is -2.34. The number of piperidine rings is 1. The number of nitrogens with zero attached hydrogens (tertiary/aromatic N) is 2. The molecule has 1 fully saturated rings. The molecular formula is C22H28N2O4. The highest BCUT2D eigenvalue weighted by atomic mass is 16.5. The normalized spacial score (nSPS) is 15.5. The number of carbonyl (C=O) groups excluding carboxylic acids is 2. The van der Waals surface area contributed by atoms with Crippen molar-refractivity contribution in [1.29, 1.82) is 0 Å². The molecule has 6 nitrogen and oxygen atoms in total. The second kappa shape index (κ2) is 8.17. The highest BCUT2D eigenvalue weighted by molar-refractivity contribution is 5.82. The fraction of sp³-hybridized carbons (Fsp3) is 0.500. The summed E-state index contributed by atoms with van der Waals surface area (Å²) in [7, 11) is 0. The van der Waals surface area contributed by atoms with Gasteiger partial charge >= 0.3 is 5.97 Å². The van der Waals surface area contributed by atoms with Gasteiger partial charge in [-0.05, 0) is 31.9 Å². The molecule has 6 heteroatoms. The van der Waals surface area contributed by atoms with Crippen molar-refractivity contribution in [1.82, 2.24) is 9.88 Å². The maximum atomic E-state index is 12.4. The van der Waals surface area contributed by atoms with Crippen LogP contribution in [0.1, 0.15) is 44.9 Å². The average Bonchev–Trinajstić information content (AvgIpc) is 3.14. The maximum Gasteiger partial charge on any atom is 0.309 e. The number of carbonyl (C=O) groups is 2. The van der Waals surface area contributed by atoms with Gasteiger partial charge in [-0.1, -0.05) is 38.5 Å². The monoisotopic (exact) mass is 384 g/mol. The molecule has 2 aromatic rings. The molecule has 1 aromatic heterocycles. The topological polar surface area (TPSA) is 72.6 Å². The first-order valence-corrected chi connectivity index (χ1v) is 9.71. The quantitative estimate of drug-likeness (QED) is 0.746. The second-order valence-electron chi connectivity index (χ2n) is 8.43. The Labute approximate surface area is 165 Å². The zero-order valence-electron chi connectivity index (χ0n) is 17.0. The standard InChI is InChI=1S/C22H28N2O4/c1-15-5-7-16(8-6-15)19-23-18(13-27-19)14-28-20(25)17-9-11-24(12-10-17)21(26)22(2,3)4/h5-8,13,17H,9-12,14H2,1-4H3. The van der Waals surface area contributed by atoms with E-state index < -0.39 is 5.41 Å². The Bertz CT molecular complexity index is 825. The van der Waals surface area contributed by atoms with E-state index >= 15 is 0 Å². The minimum Gasteiger partial charge on any atom is -0.459 e. The van der Waals surface area contributed by atoms with E-state index in [1.807, 2.05) is 56.9 Å². The number of ether oxygens (including phenoxy) is 1. The van der Waals surface area contributed by atoms with Crippen molar-refractivity contribution in [2.45, 2.75) is 47.1 Å². The summed E-state index contributed by atoms with van der Waals surface area (Å²) >= 11 is 0. The fourth-order valence-corrected chi connectivity index (χ4v) is 3.26. The fourth-order valence-electron chi connectivity index (χ4n) is 3.26. The molecule has 0 aliphatic carbocycles. The summed E-state index contributed by atoms with van der Waals surface area (Å²) in [5, 5.41) is 0. The Hall–Kier alpha value is -2.63. The van der Waals surface area contributed by atoms with Gasteiger partial charge in [-0.15, -0.1) is 0 Å². The molecule has 0 saturated carbocycles. The summed E-state index contributed by atoms with van der Waals surface area (Å²) in [4.78, 5) is 30.9. The van der Waals surface area contributed by atoms with Gasteiger partial charge in [0.2, 0.25) is 11.8 Å². The predicted octanol–water partition coefficient (Wildman–Crippen LogP) is 3.98. The summed E-state index contributed by atoms with van der Waals surface area (Å²) < 4.78 is 10.9. The van der Waals surface area contributed by atoms with Gasteiger partial charge in [0.15, 0.2) is 0 Å². The van der Waals surface area contributed by atoms with Crippen molar-refractivity contribution in [3.63, 3.8) is 0 Å². The number of oxazole rings is 1. The van der Waals surface area contributed by atoms with E-state index in [9.17, 15) is 9.59 Å². The Morgan fingerprint density at radius 1 is 1.18 bits per heavy atom. The van der Waals surface area contributed by atoms with E-state index in [1.54, 1.807) is 0 Å². The smallest absolute Gasteiger partial charge is 0.309 e. The summed E-state index contributed by atoms with van der Waals surface area (Å²) in [6.07, 6.45) is 2.79. The molecule has 0 bridgehead atoms. The summed E-state index contributed by atoms with van der Waals surface area (Å²) in [6.45, 7) is 9.05. The lowest BCUT2D eigenvalue weighted by Crippen LogP contribution is -2.45. The molecule has 1 aliphatic rings. The van der Waals surface area contributed by atoms with Crippen molar-refractivity contribution < 1.29 is 18.7 Å². The minimum atomic E-state index is -0.393. The molecule has 1 aromatic carbocycles. The third-order valence-corrected chi connectivity index (χ3v) is 4.97. The van der Waals surface area contributed by atoms with E-state index in [0.29, 0.717) is 37.5 Å². The molecule has 3 rings (SSSR count). The van der Waals surface area contributed by atoms with E-state index in [2.05, 4.69) is 4.98 Å². The molecule has 1 saturated heterocycles. The Kier molecular flexibility index (Phi) is 5.87. The largest absolute Gasteiger partial charge is 0.459 e. The third kappa shape index (κ3) is 4.80. The number of benzene rings is 1. The van der Waals surface area contributed by atoms with Gasteiger partial charge < -0.3 is 14.1 Å². The number of esters is 1. The molecule has 0 N–H and O–H groups in total. The highest BCUT2D eigenvalue weighted by Gasteiger charge is 2.33. The lowest BCUT2D eigenvalue weighted by molar-refractivity contribution is -0.154. The first-order valence-electron chi connectivity index (χ1n) is 9.71. The van der Waals surface area contributed by atoms with Gasteiger partial charge in [0.25, 0.3) is 0 Å². The van der Waals surface area contributed by atoms with Crippen molar-refractivity contribution in [2.75, 3.05) is 13.1 Å². The van der Waals surface area contributed by atoms with Gasteiger partial charge in [0.1, 0.15) is 18.6 Å². The van der Waals surface area contributed by atoms with Gasteiger partial charge in [0, 0.05) is 24.1 Å². The van der Waals surface area contributed by atoms with Crippen LogP contribution in [0.5, 0.6) is 0 Å². The second-order valence-corrected chi connectivity index (χ2v) is 8.43. The van der Waals surface area contributed by atoms with Gasteiger partial charge in [-0.2, -0.15) is 0 Å². The molecule has 0 unspecified atom stereocenters. The molecular weight excluding hydrogens is 356 g/mol. The molecule has 0 spiro atoms. The summed E-state index contributed by atoms with van der Waals surface area (Å²) in [5.41, 5.74) is 2.25. The molecule has 2 heterocycles. The first kappa shape index (κ1) is 20.1. The van der Waals surface area contributed by atoms with E-state index in [0.717, 1.165) is 5.56 Å². The molecule has 28 heavy (non-hydrogen) atoms. The maximum absolute atomic E-state index is 12.4. The van der Waals surface area contributed by atoms with Crippen LogP contribution in [0.15, 0.2) is 34.9 Å². The number of rotatable bonds is 4. The van der Waals surface area contributed by atoms with Crippen LogP contribution < -0.4 is 0 Å². The van der Waals surface area contributed by atoms with Gasteiger partial charge in [-0.25, -0.2) is 4.98 Å². The SMILES string of the molecule is Cc1ccc(-c2nc(COC(=O)C3CCN(C(=O)C(C)(C)C)CC3)co2)cc1. The first-order chi connectivity index (χ1) is 13.2. The van der Waals surface area contributed by atoms with Gasteiger partial charge in [-0.3, -0.25) is 9.59 Å². The van der Waals surface area contributed by atoms with Crippen LogP contribution in [-0.4, -0.2) is 34.8 Å². The number of aryl methyl sites for hydroxylation is 1. The van der Waals surface area contributed by atoms with Crippen LogP contribution >= 0.6 is 0 Å². The van der Waals surface area contributed by atoms with Gasteiger partial charge in [0.05, 0.1) is 5.92 Å². The lowest BCUT2D eigenvalue weighted by atomic mass is 9.91. The number of hydrogen-bond donors (Lipinski definition) is 0. The summed E-state index contributed by atoms with van der Waals surface area (Å²) in [6, 6.07) is 7.89. The van der Waals surface area contributed by atoms with Crippen molar-refractivity contribution in [3.8, 4) is 11.5 Å². The zero-order chi connectivity index (χ0) is 20.3. The molecule has 0 atom stereocenters. The Balaban J connectivity index is 1.49. The number of amides is 1. The Morgan fingerprint density at radius 2 is 1.82 bits per heavy atom. The highest BCUT2D eigenvalue weighted by Crippen LogP contribution is 2.25. The van der Waals surface area contributed by atoms with Crippen molar-refractivity contribution in [3.05, 3.63) is 41.8 Å². The van der Waals surface area contributed by atoms with Crippen LogP contribution in [0.3, 0.4) is 0 Å². The minimum absolute atomic E-state index is 0.0926. The number of likely N-dealkylation sites (tertiary alicyclic amines) is 1. The molecule has 1 aliphatic heterocycles. The zero-order valence-corrected chi connectivity index (χ0v) is 17.0. The third-order valence-electron chi connectivity index (χ3n) is 4.97. The molecule has 150 valence electrons. The number of aromatic nitrogens is 1. The van der Waals surface area contributed by atoms with E-state index in [-0.39, 0.29) is 24.4 Å². The van der Waals surface area contributed by atoms with E-state index in [1.165, 1.54) is 11.8 Å². The molecule has 0 radical (unpaired) electrons. The molecule has 1 amide bonds. The van der Waals surface area contributed by atoms with Crippen molar-refractivity contribution >= 4 is 11.9 Å². The van der Waals surface area contributed by atoms with Crippen molar-refractivity contribution in [2.24, 2.45) is 11.3 Å². The predicted molar refractivity (Wildman–Crippen MR) is 105 cm³/mol. The number of hydrogen-bond acceptors (Lipinski definition) is 5. The van der Waals surface area contributed by atoms with Crippen LogP contribution in [0.25, 0.3) is 11.5 Å². The van der Waals surface area contributed by atoms with Crippen LogP contribution in [0, 0.1) is 18.3 Å².